The lowest BCUT2D eigenvalue weighted by Crippen LogP contribution is -2.35. The van der Waals surface area contributed by atoms with Crippen LogP contribution in [0.3, 0.4) is 0 Å². The van der Waals surface area contributed by atoms with Crippen LogP contribution >= 0.6 is 0 Å². The normalized spacial score (nSPS) is 13.9. The van der Waals surface area contributed by atoms with Gasteiger partial charge in [0.2, 0.25) is 5.95 Å². The maximum absolute atomic E-state index is 13.0. The summed E-state index contributed by atoms with van der Waals surface area (Å²) in [7, 11) is 0. The fraction of sp³-hybridized carbons (Fsp3) is 0.294. The minimum absolute atomic E-state index is 0.00300. The van der Waals surface area contributed by atoms with Crippen molar-refractivity contribution in [2.45, 2.75) is 25.2 Å². The Morgan fingerprint density at radius 2 is 2.07 bits per heavy atom. The maximum atomic E-state index is 13.0. The molecule has 0 aliphatic carbocycles. The van der Waals surface area contributed by atoms with Gasteiger partial charge in [-0.05, 0) is 13.0 Å². The molecule has 0 amide bonds. The largest absolute Gasteiger partial charge is 0.417 e. The second-order valence-electron chi connectivity index (χ2n) is 6.06. The van der Waals surface area contributed by atoms with E-state index in [0.29, 0.717) is 0 Å². The molecule has 0 radical (unpaired) electrons. The molecule has 3 rings (SSSR count). The predicted octanol–water partition coefficient (Wildman–Crippen LogP) is 2.06. The summed E-state index contributed by atoms with van der Waals surface area (Å²) in [6.07, 6.45) is -2.16. The van der Waals surface area contributed by atoms with Gasteiger partial charge in [-0.25, -0.2) is 15.0 Å². The first-order chi connectivity index (χ1) is 13.2. The van der Waals surface area contributed by atoms with Gasteiger partial charge in [0, 0.05) is 23.3 Å². The van der Waals surface area contributed by atoms with Gasteiger partial charge in [0.05, 0.1) is 41.8 Å². The van der Waals surface area contributed by atoms with E-state index in [9.17, 15) is 28.6 Å². The number of aromatic amines is 1. The van der Waals surface area contributed by atoms with Crippen LogP contribution in [0.4, 0.5) is 19.1 Å². The zero-order valence-corrected chi connectivity index (χ0v) is 14.5. The molecule has 0 fully saturated rings. The minimum Gasteiger partial charge on any atom is -0.394 e. The van der Waals surface area contributed by atoms with Crippen molar-refractivity contribution in [1.82, 2.24) is 19.9 Å². The van der Waals surface area contributed by atoms with Crippen LogP contribution in [-0.4, -0.2) is 48.9 Å². The molecule has 8 nitrogen and oxygen atoms in total. The summed E-state index contributed by atoms with van der Waals surface area (Å²) in [5.74, 6) is 0.00300. The van der Waals surface area contributed by atoms with E-state index >= 15 is 0 Å². The molecule has 2 atom stereocenters. The Labute approximate surface area is 156 Å². The van der Waals surface area contributed by atoms with Gasteiger partial charge in [-0.3, -0.25) is 0 Å². The van der Waals surface area contributed by atoms with Gasteiger partial charge in [0.15, 0.2) is 0 Å². The van der Waals surface area contributed by atoms with Gasteiger partial charge in [-0.15, -0.1) is 0 Å². The van der Waals surface area contributed by atoms with Crippen molar-refractivity contribution >= 4 is 17.0 Å². The number of aliphatic hydroxyl groups excluding tert-OH is 2. The lowest BCUT2D eigenvalue weighted by molar-refractivity contribution is -0.137. The highest BCUT2D eigenvalue weighted by Crippen LogP contribution is 2.34. The summed E-state index contributed by atoms with van der Waals surface area (Å²) < 4.78 is 39.1. The van der Waals surface area contributed by atoms with E-state index < -0.39 is 30.5 Å². The number of aliphatic hydroxyl groups is 2. The fourth-order valence-electron chi connectivity index (χ4n) is 2.58. The lowest BCUT2D eigenvalue weighted by Gasteiger charge is -2.19. The van der Waals surface area contributed by atoms with E-state index in [4.69, 9.17) is 0 Å². The third-order valence-electron chi connectivity index (χ3n) is 4.12. The topological polar surface area (TPSA) is 131 Å². The first-order valence-corrected chi connectivity index (χ1v) is 8.12. The molecule has 0 aliphatic rings. The van der Waals surface area contributed by atoms with Crippen molar-refractivity contribution in [3.63, 3.8) is 0 Å². The molecule has 11 heteroatoms. The molecule has 3 aromatic heterocycles. The van der Waals surface area contributed by atoms with Gasteiger partial charge in [0.25, 0.3) is 0 Å². The molecule has 0 aliphatic heterocycles. The van der Waals surface area contributed by atoms with Crippen LogP contribution in [0, 0.1) is 11.3 Å². The zero-order chi connectivity index (χ0) is 20.5. The Hall–Kier alpha value is -3.23. The maximum Gasteiger partial charge on any atom is 0.417 e. The molecule has 0 aromatic carbocycles. The first-order valence-electron chi connectivity index (χ1n) is 8.12. The number of fused-ring (bicyclic) bond motifs is 1. The van der Waals surface area contributed by atoms with Crippen LogP contribution in [0.25, 0.3) is 22.3 Å². The summed E-state index contributed by atoms with van der Waals surface area (Å²) in [5, 5.41) is 31.2. The van der Waals surface area contributed by atoms with Crippen LogP contribution in [-0.2, 0) is 6.18 Å². The molecule has 146 valence electrons. The van der Waals surface area contributed by atoms with Crippen LogP contribution in [0.5, 0.6) is 0 Å². The highest BCUT2D eigenvalue weighted by atomic mass is 19.4. The van der Waals surface area contributed by atoms with E-state index in [1.54, 1.807) is 0 Å². The lowest BCUT2D eigenvalue weighted by atomic mass is 10.1. The molecule has 1 unspecified atom stereocenters. The first kappa shape index (κ1) is 19.5. The van der Waals surface area contributed by atoms with Crippen LogP contribution in [0.15, 0.2) is 24.7 Å². The number of hydrogen-bond acceptors (Lipinski definition) is 7. The molecule has 3 aromatic rings. The Kier molecular flexibility index (Phi) is 5.17. The molecule has 0 saturated heterocycles. The number of H-pyrrole nitrogens is 1. The van der Waals surface area contributed by atoms with E-state index in [0.717, 1.165) is 12.3 Å². The van der Waals surface area contributed by atoms with Crippen molar-refractivity contribution in [3.8, 4) is 17.3 Å². The number of alkyl halides is 3. The molecule has 3 heterocycles. The third-order valence-corrected chi connectivity index (χ3v) is 4.12. The number of aromatic nitrogens is 4. The minimum atomic E-state index is -4.57. The number of halogens is 3. The number of pyridine rings is 1. The molecular weight excluding hydrogens is 377 g/mol. The predicted molar refractivity (Wildman–Crippen MR) is 93.0 cm³/mol. The van der Waals surface area contributed by atoms with Gasteiger partial charge < -0.3 is 20.5 Å². The van der Waals surface area contributed by atoms with E-state index in [1.807, 2.05) is 6.07 Å². The quantitative estimate of drug-likeness (QED) is 0.523. The number of nitrogens with one attached hydrogen (secondary N) is 2. The monoisotopic (exact) mass is 392 g/mol. The number of rotatable bonds is 5. The van der Waals surface area contributed by atoms with Crippen molar-refractivity contribution in [1.29, 1.82) is 5.26 Å². The smallest absolute Gasteiger partial charge is 0.394 e. The van der Waals surface area contributed by atoms with Crippen molar-refractivity contribution in [2.75, 3.05) is 11.9 Å². The summed E-state index contributed by atoms with van der Waals surface area (Å²) in [6.45, 7) is 1.06. The molecule has 0 saturated carbocycles. The van der Waals surface area contributed by atoms with E-state index in [-0.39, 0.29) is 33.8 Å². The third kappa shape index (κ3) is 3.73. The Morgan fingerprint density at radius 3 is 2.68 bits per heavy atom. The highest BCUT2D eigenvalue weighted by Gasteiger charge is 2.31. The highest BCUT2D eigenvalue weighted by molar-refractivity contribution is 5.94. The SMILES string of the molecule is C[C@H](O)C(CO)Nc1ncc(C#N)c(-c2c[nH]c3ncc(C(F)(F)F)cc23)n1. The standard InChI is InChI=1S/C17H15F3N6O2/c1-8(28)13(7-27)25-16-24-4-9(3-21)14(26-16)12-6-23-15-11(12)2-10(5-22-15)17(18,19)20/h2,4-6,8,13,27-28H,7H2,1H3,(H,22,23)(H,24,25,26)/t8-,13?/m0/s1. The van der Waals surface area contributed by atoms with E-state index in [1.165, 1.54) is 19.3 Å². The van der Waals surface area contributed by atoms with Gasteiger partial charge in [-0.2, -0.15) is 18.4 Å². The van der Waals surface area contributed by atoms with Crippen molar-refractivity contribution in [2.24, 2.45) is 0 Å². The van der Waals surface area contributed by atoms with Gasteiger partial charge in [-0.1, -0.05) is 0 Å². The van der Waals surface area contributed by atoms with Crippen LogP contribution in [0.1, 0.15) is 18.1 Å². The average Bonchev–Trinajstić information content (AvgIpc) is 3.08. The summed E-state index contributed by atoms with van der Waals surface area (Å²) in [5.41, 5.74) is -0.345. The second-order valence-corrected chi connectivity index (χ2v) is 6.06. The summed E-state index contributed by atoms with van der Waals surface area (Å²) >= 11 is 0. The summed E-state index contributed by atoms with van der Waals surface area (Å²) in [4.78, 5) is 14.7. The molecule has 0 spiro atoms. The van der Waals surface area contributed by atoms with E-state index in [2.05, 4.69) is 25.3 Å². The Morgan fingerprint density at radius 1 is 1.32 bits per heavy atom. The zero-order valence-electron chi connectivity index (χ0n) is 14.5. The Balaban J connectivity index is 2.12. The van der Waals surface area contributed by atoms with Crippen molar-refractivity contribution < 1.29 is 23.4 Å². The Bertz CT molecular complexity index is 1040. The number of anilines is 1. The number of nitrogens with zero attached hydrogens (tertiary/aromatic N) is 4. The molecule has 0 bridgehead atoms. The van der Waals surface area contributed by atoms with Crippen LogP contribution < -0.4 is 5.32 Å². The average molecular weight is 392 g/mol. The van der Waals surface area contributed by atoms with Crippen molar-refractivity contribution in [3.05, 3.63) is 35.8 Å². The summed E-state index contributed by atoms with van der Waals surface area (Å²) in [6, 6.07) is 2.07. The second kappa shape index (κ2) is 7.41. The molecule has 28 heavy (non-hydrogen) atoms. The number of nitriles is 1. The molecular formula is C17H15F3N6O2. The van der Waals surface area contributed by atoms with Crippen LogP contribution in [0.2, 0.25) is 0 Å². The fourth-order valence-corrected chi connectivity index (χ4v) is 2.58. The van der Waals surface area contributed by atoms with Gasteiger partial charge in [0.1, 0.15) is 11.7 Å². The number of hydrogen-bond donors (Lipinski definition) is 4. The molecule has 4 N–H and O–H groups in total. The van der Waals surface area contributed by atoms with Gasteiger partial charge >= 0.3 is 6.18 Å².